The molecule has 0 amide bonds. The molecule has 6 rings (SSSR count). The first kappa shape index (κ1) is 15.3. The summed E-state index contributed by atoms with van der Waals surface area (Å²) in [6.45, 7) is 0. The van der Waals surface area contributed by atoms with Crippen LogP contribution in [0.5, 0.6) is 0 Å². The van der Waals surface area contributed by atoms with Gasteiger partial charge in [0.15, 0.2) is 0 Å². The quantitative estimate of drug-likeness (QED) is 0.349. The Kier molecular flexibility index (Phi) is 3.20. The summed E-state index contributed by atoms with van der Waals surface area (Å²) in [6, 6.07) is 31.8. The van der Waals surface area contributed by atoms with Crippen LogP contribution in [0, 0.1) is 0 Å². The largest absolute Gasteiger partial charge is 0.255 e. The summed E-state index contributed by atoms with van der Waals surface area (Å²) in [7, 11) is 0. The maximum atomic E-state index is 4.91. The predicted octanol–water partition coefficient (Wildman–Crippen LogP) is 6.61. The Morgan fingerprint density at radius 2 is 1.21 bits per heavy atom. The number of fused-ring (bicyclic) bond motifs is 3. The van der Waals surface area contributed by atoms with Crippen molar-refractivity contribution in [2.24, 2.45) is 0 Å². The third kappa shape index (κ3) is 2.21. The number of aromatic nitrogens is 2. The van der Waals surface area contributed by atoms with E-state index in [9.17, 15) is 0 Å². The van der Waals surface area contributed by atoms with Gasteiger partial charge in [0, 0.05) is 11.8 Å². The molecule has 28 heavy (non-hydrogen) atoms. The van der Waals surface area contributed by atoms with Gasteiger partial charge in [0.05, 0.1) is 17.1 Å². The number of nitrogens with zero attached hydrogens (tertiary/aromatic N) is 2. The number of rotatable bonds is 2. The Bertz CT molecular complexity index is 1350. The fourth-order valence-electron chi connectivity index (χ4n) is 4.22. The monoisotopic (exact) mass is 356 g/mol. The topological polar surface area (TPSA) is 25.8 Å². The van der Waals surface area contributed by atoms with Gasteiger partial charge in [0.25, 0.3) is 0 Å². The van der Waals surface area contributed by atoms with Crippen LogP contribution in [0.2, 0.25) is 0 Å². The number of pyridine rings is 2. The van der Waals surface area contributed by atoms with Crippen molar-refractivity contribution in [3.8, 4) is 44.9 Å². The van der Waals surface area contributed by atoms with Crippen LogP contribution in [0.4, 0.5) is 0 Å². The molecule has 0 atom stereocenters. The first-order valence-corrected chi connectivity index (χ1v) is 9.44. The van der Waals surface area contributed by atoms with Gasteiger partial charge in [-0.1, -0.05) is 54.6 Å². The average Bonchev–Trinajstić information content (AvgIpc) is 3.10. The highest BCUT2D eigenvalue weighted by Gasteiger charge is 2.21. The molecule has 3 aromatic carbocycles. The molecule has 0 saturated carbocycles. The van der Waals surface area contributed by atoms with Gasteiger partial charge in [-0.05, 0) is 69.4 Å². The molecule has 130 valence electrons. The van der Waals surface area contributed by atoms with E-state index < -0.39 is 0 Å². The van der Waals surface area contributed by atoms with Crippen molar-refractivity contribution in [1.29, 1.82) is 0 Å². The molecule has 0 fully saturated rings. The zero-order chi connectivity index (χ0) is 18.5. The molecule has 2 heteroatoms. The molecule has 0 N–H and O–H groups in total. The van der Waals surface area contributed by atoms with E-state index in [0.29, 0.717) is 0 Å². The minimum Gasteiger partial charge on any atom is -0.255 e. The van der Waals surface area contributed by atoms with E-state index in [1.807, 2.05) is 24.3 Å². The van der Waals surface area contributed by atoms with E-state index in [1.54, 1.807) is 6.20 Å². The van der Waals surface area contributed by atoms with Gasteiger partial charge in [-0.2, -0.15) is 0 Å². The van der Waals surface area contributed by atoms with Gasteiger partial charge >= 0.3 is 0 Å². The van der Waals surface area contributed by atoms with Crippen LogP contribution < -0.4 is 0 Å². The zero-order valence-electron chi connectivity index (χ0n) is 15.1. The SMILES string of the molecule is c1ccc(-c2cccc(-c3cc4c5c(cccc5c3)-c3ccccc3-4)n2)nc1. The molecule has 0 bridgehead atoms. The second-order valence-corrected chi connectivity index (χ2v) is 7.10. The van der Waals surface area contributed by atoms with Crippen LogP contribution in [-0.4, -0.2) is 9.97 Å². The van der Waals surface area contributed by atoms with E-state index in [2.05, 4.69) is 71.7 Å². The molecule has 5 aromatic rings. The summed E-state index contributed by atoms with van der Waals surface area (Å²) in [6.07, 6.45) is 1.80. The lowest BCUT2D eigenvalue weighted by atomic mass is 9.98. The summed E-state index contributed by atoms with van der Waals surface area (Å²) < 4.78 is 0. The first-order chi connectivity index (χ1) is 13.9. The third-order valence-electron chi connectivity index (χ3n) is 5.46. The van der Waals surface area contributed by atoms with Crippen molar-refractivity contribution >= 4 is 10.8 Å². The lowest BCUT2D eigenvalue weighted by Gasteiger charge is -2.09. The molecular formula is C26H16N2. The Morgan fingerprint density at radius 3 is 2.07 bits per heavy atom. The summed E-state index contributed by atoms with van der Waals surface area (Å²) in [4.78, 5) is 9.35. The van der Waals surface area contributed by atoms with E-state index in [-0.39, 0.29) is 0 Å². The van der Waals surface area contributed by atoms with E-state index in [1.165, 1.54) is 33.0 Å². The standard InChI is InChI=1S/C26H16N2/c1-2-9-20-19(8-1)21-10-5-7-17-15-18(16-22(20)26(17)21)23-12-6-13-25(28-23)24-11-3-4-14-27-24/h1-16H. The molecule has 2 heterocycles. The fraction of sp³-hybridized carbons (Fsp3) is 0. The highest BCUT2D eigenvalue weighted by molar-refractivity contribution is 6.16. The fourth-order valence-corrected chi connectivity index (χ4v) is 4.22. The highest BCUT2D eigenvalue weighted by Crippen LogP contribution is 2.48. The zero-order valence-corrected chi connectivity index (χ0v) is 15.1. The van der Waals surface area contributed by atoms with Gasteiger partial charge in [0.1, 0.15) is 0 Å². The third-order valence-corrected chi connectivity index (χ3v) is 5.46. The Hall–Kier alpha value is -3.78. The number of hydrogen-bond donors (Lipinski definition) is 0. The lowest BCUT2D eigenvalue weighted by molar-refractivity contribution is 1.25. The predicted molar refractivity (Wildman–Crippen MR) is 115 cm³/mol. The number of hydrogen-bond acceptors (Lipinski definition) is 2. The minimum absolute atomic E-state index is 0.891. The summed E-state index contributed by atoms with van der Waals surface area (Å²) in [5, 5.41) is 2.60. The van der Waals surface area contributed by atoms with Crippen LogP contribution in [0.25, 0.3) is 55.7 Å². The van der Waals surface area contributed by atoms with Crippen molar-refractivity contribution < 1.29 is 0 Å². The number of benzene rings is 3. The molecule has 1 aliphatic carbocycles. The molecule has 0 aliphatic heterocycles. The van der Waals surface area contributed by atoms with Crippen LogP contribution in [0.15, 0.2) is 97.2 Å². The maximum Gasteiger partial charge on any atom is 0.0893 e. The summed E-state index contributed by atoms with van der Waals surface area (Å²) >= 11 is 0. The first-order valence-electron chi connectivity index (χ1n) is 9.44. The van der Waals surface area contributed by atoms with Gasteiger partial charge in [-0.3, -0.25) is 4.98 Å². The van der Waals surface area contributed by atoms with Gasteiger partial charge in [-0.15, -0.1) is 0 Å². The lowest BCUT2D eigenvalue weighted by Crippen LogP contribution is -1.90. The molecule has 1 aliphatic rings. The normalized spacial score (nSPS) is 11.6. The van der Waals surface area contributed by atoms with Crippen LogP contribution in [-0.2, 0) is 0 Å². The van der Waals surface area contributed by atoms with Gasteiger partial charge in [-0.25, -0.2) is 4.98 Å². The molecule has 2 nitrogen and oxygen atoms in total. The van der Waals surface area contributed by atoms with Crippen molar-refractivity contribution in [2.45, 2.75) is 0 Å². The highest BCUT2D eigenvalue weighted by atomic mass is 14.8. The van der Waals surface area contributed by atoms with Crippen molar-refractivity contribution in [3.05, 3.63) is 97.2 Å². The Balaban J connectivity index is 1.58. The van der Waals surface area contributed by atoms with E-state index in [0.717, 1.165) is 22.6 Å². The molecule has 2 aromatic heterocycles. The van der Waals surface area contributed by atoms with Crippen molar-refractivity contribution in [3.63, 3.8) is 0 Å². The second kappa shape index (κ2) is 5.86. The average molecular weight is 356 g/mol. The van der Waals surface area contributed by atoms with Crippen LogP contribution in [0.1, 0.15) is 0 Å². The minimum atomic E-state index is 0.891. The molecule has 0 radical (unpaired) electrons. The second-order valence-electron chi connectivity index (χ2n) is 7.10. The van der Waals surface area contributed by atoms with Crippen molar-refractivity contribution in [2.75, 3.05) is 0 Å². The smallest absolute Gasteiger partial charge is 0.0893 e. The maximum absolute atomic E-state index is 4.91. The summed E-state index contributed by atoms with van der Waals surface area (Å²) in [5.74, 6) is 0. The van der Waals surface area contributed by atoms with Crippen LogP contribution >= 0.6 is 0 Å². The molecule has 0 spiro atoms. The summed E-state index contributed by atoms with van der Waals surface area (Å²) in [5.41, 5.74) is 9.12. The van der Waals surface area contributed by atoms with Gasteiger partial charge in [0.2, 0.25) is 0 Å². The van der Waals surface area contributed by atoms with Crippen LogP contribution in [0.3, 0.4) is 0 Å². The molecule has 0 saturated heterocycles. The Labute approximate surface area is 163 Å². The molecular weight excluding hydrogens is 340 g/mol. The van der Waals surface area contributed by atoms with Gasteiger partial charge < -0.3 is 0 Å². The van der Waals surface area contributed by atoms with E-state index >= 15 is 0 Å². The Morgan fingerprint density at radius 1 is 0.500 bits per heavy atom. The van der Waals surface area contributed by atoms with E-state index in [4.69, 9.17) is 4.98 Å². The molecule has 0 unspecified atom stereocenters. The van der Waals surface area contributed by atoms with Crippen molar-refractivity contribution in [1.82, 2.24) is 9.97 Å².